The molecule has 0 spiro atoms. The third-order valence-electron chi connectivity index (χ3n) is 2.76. The van der Waals surface area contributed by atoms with Crippen LogP contribution in [0.5, 0.6) is 5.75 Å². The Morgan fingerprint density at radius 1 is 1.21 bits per heavy atom. The number of oxazole rings is 1. The molecule has 0 radical (unpaired) electrons. The van der Waals surface area contributed by atoms with Gasteiger partial charge >= 0.3 is 0 Å². The number of benzene rings is 2. The van der Waals surface area contributed by atoms with Crippen LogP contribution in [0.4, 0.5) is 4.39 Å². The van der Waals surface area contributed by atoms with Crippen molar-refractivity contribution in [2.45, 2.75) is 0 Å². The summed E-state index contributed by atoms with van der Waals surface area (Å²) < 4.78 is 23.8. The van der Waals surface area contributed by atoms with E-state index in [-0.39, 0.29) is 5.02 Å². The van der Waals surface area contributed by atoms with E-state index in [4.69, 9.17) is 20.8 Å². The first kappa shape index (κ1) is 12.0. The molecule has 0 bridgehead atoms. The first-order chi connectivity index (χ1) is 9.17. The van der Waals surface area contributed by atoms with E-state index in [0.717, 1.165) is 0 Å². The van der Waals surface area contributed by atoms with E-state index in [0.29, 0.717) is 28.3 Å². The average molecular weight is 278 g/mol. The van der Waals surface area contributed by atoms with Crippen LogP contribution in [-0.2, 0) is 0 Å². The molecule has 0 fully saturated rings. The second-order valence-electron chi connectivity index (χ2n) is 3.98. The van der Waals surface area contributed by atoms with Crippen LogP contribution in [0.1, 0.15) is 0 Å². The number of hydrogen-bond acceptors (Lipinski definition) is 3. The number of fused-ring (bicyclic) bond motifs is 1. The lowest BCUT2D eigenvalue weighted by Gasteiger charge is -1.97. The molecule has 3 aromatic rings. The highest BCUT2D eigenvalue weighted by Gasteiger charge is 2.10. The molecule has 1 aromatic heterocycles. The lowest BCUT2D eigenvalue weighted by molar-refractivity contribution is 0.415. The van der Waals surface area contributed by atoms with Gasteiger partial charge in [-0.1, -0.05) is 11.6 Å². The highest BCUT2D eigenvalue weighted by molar-refractivity contribution is 6.31. The van der Waals surface area contributed by atoms with Crippen LogP contribution in [0.2, 0.25) is 5.02 Å². The van der Waals surface area contributed by atoms with Crippen molar-refractivity contribution in [2.75, 3.05) is 7.11 Å². The summed E-state index contributed by atoms with van der Waals surface area (Å²) in [6.07, 6.45) is 0. The summed E-state index contributed by atoms with van der Waals surface area (Å²) in [5.74, 6) is 0.623. The Hall–Kier alpha value is -2.07. The summed E-state index contributed by atoms with van der Waals surface area (Å²) in [5, 5.41) is 0.0392. The molecule has 0 aliphatic rings. The maximum absolute atomic E-state index is 13.1. The van der Waals surface area contributed by atoms with Gasteiger partial charge in [-0.3, -0.25) is 0 Å². The quantitative estimate of drug-likeness (QED) is 0.701. The van der Waals surface area contributed by atoms with Crippen molar-refractivity contribution in [3.05, 3.63) is 47.2 Å². The van der Waals surface area contributed by atoms with Gasteiger partial charge in [0, 0.05) is 11.6 Å². The first-order valence-corrected chi connectivity index (χ1v) is 5.95. The van der Waals surface area contributed by atoms with Crippen LogP contribution >= 0.6 is 11.6 Å². The molecule has 0 aliphatic carbocycles. The summed E-state index contributed by atoms with van der Waals surface area (Å²) in [5.41, 5.74) is 1.94. The van der Waals surface area contributed by atoms with E-state index in [1.807, 2.05) is 0 Å². The Labute approximate surface area is 113 Å². The smallest absolute Gasteiger partial charge is 0.227 e. The van der Waals surface area contributed by atoms with Gasteiger partial charge in [0.05, 0.1) is 12.1 Å². The monoisotopic (exact) mass is 277 g/mol. The zero-order chi connectivity index (χ0) is 13.4. The molecule has 0 saturated carbocycles. The Morgan fingerprint density at radius 3 is 2.79 bits per heavy atom. The van der Waals surface area contributed by atoms with Gasteiger partial charge in [0.1, 0.15) is 17.1 Å². The Balaban J connectivity index is 2.11. The van der Waals surface area contributed by atoms with Gasteiger partial charge in [-0.25, -0.2) is 9.37 Å². The van der Waals surface area contributed by atoms with Crippen LogP contribution in [0.15, 0.2) is 40.8 Å². The molecule has 96 valence electrons. The molecule has 0 amide bonds. The fourth-order valence-electron chi connectivity index (χ4n) is 1.79. The van der Waals surface area contributed by atoms with E-state index in [2.05, 4.69) is 4.98 Å². The third kappa shape index (κ3) is 2.15. The zero-order valence-corrected chi connectivity index (χ0v) is 10.7. The Bertz CT molecular complexity index is 754. The molecular weight excluding hydrogens is 269 g/mol. The van der Waals surface area contributed by atoms with Crippen molar-refractivity contribution in [3.8, 4) is 17.2 Å². The molecule has 0 atom stereocenters. The fourth-order valence-corrected chi connectivity index (χ4v) is 1.97. The van der Waals surface area contributed by atoms with Gasteiger partial charge < -0.3 is 9.15 Å². The first-order valence-electron chi connectivity index (χ1n) is 5.57. The molecule has 0 aliphatic heterocycles. The Morgan fingerprint density at radius 2 is 2.05 bits per heavy atom. The molecule has 3 nitrogen and oxygen atoms in total. The number of nitrogens with zero attached hydrogens (tertiary/aromatic N) is 1. The molecule has 1 heterocycles. The minimum Gasteiger partial charge on any atom is -0.497 e. The van der Waals surface area contributed by atoms with Crippen LogP contribution in [-0.4, -0.2) is 12.1 Å². The number of rotatable bonds is 2. The molecule has 0 N–H and O–H groups in total. The highest BCUT2D eigenvalue weighted by Crippen LogP contribution is 2.29. The number of ether oxygens (including phenoxy) is 1. The molecule has 0 unspecified atom stereocenters. The fraction of sp³-hybridized carbons (Fsp3) is 0.0714. The van der Waals surface area contributed by atoms with Crippen LogP contribution in [0.25, 0.3) is 22.6 Å². The van der Waals surface area contributed by atoms with Crippen LogP contribution in [0.3, 0.4) is 0 Å². The summed E-state index contributed by atoms with van der Waals surface area (Å²) >= 11 is 5.75. The van der Waals surface area contributed by atoms with E-state index in [1.54, 1.807) is 31.4 Å². The molecule has 2 aromatic carbocycles. The highest BCUT2D eigenvalue weighted by atomic mass is 35.5. The standard InChI is InChI=1S/C14H9ClFNO2/c1-18-9-3-5-13-12(7-9)17-14(19-13)8-2-4-11(16)10(15)6-8/h2-7H,1H3. The predicted octanol–water partition coefficient (Wildman–Crippen LogP) is 4.30. The number of hydrogen-bond donors (Lipinski definition) is 0. The lowest BCUT2D eigenvalue weighted by atomic mass is 10.2. The number of methoxy groups -OCH3 is 1. The van der Waals surface area contributed by atoms with Gasteiger partial charge in [0.25, 0.3) is 0 Å². The number of halogens is 2. The topological polar surface area (TPSA) is 35.3 Å². The summed E-state index contributed by atoms with van der Waals surface area (Å²) in [6.45, 7) is 0. The van der Waals surface area contributed by atoms with Crippen LogP contribution in [0, 0.1) is 5.82 Å². The van der Waals surface area contributed by atoms with Crippen molar-refractivity contribution < 1.29 is 13.5 Å². The van der Waals surface area contributed by atoms with Crippen molar-refractivity contribution in [3.63, 3.8) is 0 Å². The van der Waals surface area contributed by atoms with Crippen molar-refractivity contribution >= 4 is 22.7 Å². The molecule has 3 rings (SSSR count). The summed E-state index contributed by atoms with van der Waals surface area (Å²) in [6, 6.07) is 9.67. The number of aromatic nitrogens is 1. The summed E-state index contributed by atoms with van der Waals surface area (Å²) in [7, 11) is 1.59. The van der Waals surface area contributed by atoms with Crippen molar-refractivity contribution in [1.29, 1.82) is 0 Å². The van der Waals surface area contributed by atoms with Crippen molar-refractivity contribution in [1.82, 2.24) is 4.98 Å². The van der Waals surface area contributed by atoms with Gasteiger partial charge in [-0.05, 0) is 30.3 Å². The zero-order valence-electron chi connectivity index (χ0n) is 9.98. The van der Waals surface area contributed by atoms with Gasteiger partial charge in [0.2, 0.25) is 5.89 Å². The maximum atomic E-state index is 13.1. The molecule has 0 saturated heterocycles. The second-order valence-corrected chi connectivity index (χ2v) is 4.39. The van der Waals surface area contributed by atoms with E-state index >= 15 is 0 Å². The van der Waals surface area contributed by atoms with Gasteiger partial charge in [-0.2, -0.15) is 0 Å². The van der Waals surface area contributed by atoms with Gasteiger partial charge in [0.15, 0.2) is 5.58 Å². The average Bonchev–Trinajstić information content (AvgIpc) is 2.84. The van der Waals surface area contributed by atoms with E-state index in [1.165, 1.54) is 12.1 Å². The molecule has 5 heteroatoms. The minimum atomic E-state index is -0.469. The molecule has 19 heavy (non-hydrogen) atoms. The SMILES string of the molecule is COc1ccc2oc(-c3ccc(F)c(Cl)c3)nc2c1. The minimum absolute atomic E-state index is 0.0392. The van der Waals surface area contributed by atoms with Gasteiger partial charge in [-0.15, -0.1) is 0 Å². The summed E-state index contributed by atoms with van der Waals surface area (Å²) in [4.78, 5) is 4.33. The maximum Gasteiger partial charge on any atom is 0.227 e. The largest absolute Gasteiger partial charge is 0.497 e. The lowest BCUT2D eigenvalue weighted by Crippen LogP contribution is -1.82. The third-order valence-corrected chi connectivity index (χ3v) is 3.05. The second kappa shape index (κ2) is 4.55. The van der Waals surface area contributed by atoms with Crippen LogP contribution < -0.4 is 4.74 Å². The van der Waals surface area contributed by atoms with E-state index < -0.39 is 5.82 Å². The predicted molar refractivity (Wildman–Crippen MR) is 71.0 cm³/mol. The van der Waals surface area contributed by atoms with Crippen molar-refractivity contribution in [2.24, 2.45) is 0 Å². The molecular formula is C14H9ClFNO2. The van der Waals surface area contributed by atoms with E-state index in [9.17, 15) is 4.39 Å². The Kier molecular flexibility index (Phi) is 2.87. The normalized spacial score (nSPS) is 10.9.